The molecule has 0 bridgehead atoms. The van der Waals surface area contributed by atoms with Crippen molar-refractivity contribution in [2.45, 2.75) is 12.8 Å². The van der Waals surface area contributed by atoms with Crippen LogP contribution in [0.25, 0.3) is 0 Å². The molecule has 1 atom stereocenters. The molecule has 3 heterocycles. The second kappa shape index (κ2) is 4.95. The van der Waals surface area contributed by atoms with Gasteiger partial charge in [0.15, 0.2) is 0 Å². The fraction of sp³-hybridized carbons (Fsp3) is 0.235. The molecule has 1 aromatic heterocycles. The van der Waals surface area contributed by atoms with E-state index >= 15 is 0 Å². The summed E-state index contributed by atoms with van der Waals surface area (Å²) < 4.78 is 6.49. The van der Waals surface area contributed by atoms with E-state index in [1.807, 2.05) is 31.2 Å². The first-order valence-electron chi connectivity index (χ1n) is 7.54. The molecule has 0 unspecified atom stereocenters. The standard InChI is InChI=1S/C17H15N3O4/c1-8-4-3-5-9(6-8)11-12-10(7-24-16(12)22)18-14-13(11)15(21)19-17(23)20(14)2/h3-6,11,18H,7H2,1-2H3,(H,19,21,23)/t11-/m0/s1. The molecule has 0 spiro atoms. The van der Waals surface area contributed by atoms with Gasteiger partial charge >= 0.3 is 11.7 Å². The van der Waals surface area contributed by atoms with Gasteiger partial charge in [0.2, 0.25) is 0 Å². The summed E-state index contributed by atoms with van der Waals surface area (Å²) >= 11 is 0. The average Bonchev–Trinajstić information content (AvgIpc) is 2.92. The summed E-state index contributed by atoms with van der Waals surface area (Å²) in [5.41, 5.74) is 2.19. The Bertz CT molecular complexity index is 1030. The molecule has 0 aliphatic carbocycles. The number of benzene rings is 1. The van der Waals surface area contributed by atoms with Crippen LogP contribution in [0.15, 0.2) is 45.1 Å². The first kappa shape index (κ1) is 14.5. The van der Waals surface area contributed by atoms with Crippen molar-refractivity contribution in [1.29, 1.82) is 0 Å². The molecule has 4 rings (SSSR count). The molecule has 2 aliphatic heterocycles. The van der Waals surface area contributed by atoms with Gasteiger partial charge in [0.25, 0.3) is 5.56 Å². The Kier molecular flexibility index (Phi) is 2.99. The van der Waals surface area contributed by atoms with Crippen LogP contribution < -0.4 is 16.6 Å². The van der Waals surface area contributed by atoms with Gasteiger partial charge in [0.1, 0.15) is 12.4 Å². The minimum Gasteiger partial charge on any atom is -0.456 e. The minimum atomic E-state index is -0.568. The van der Waals surface area contributed by atoms with Crippen LogP contribution in [0, 0.1) is 6.92 Å². The van der Waals surface area contributed by atoms with E-state index in [1.165, 1.54) is 4.57 Å². The lowest BCUT2D eigenvalue weighted by atomic mass is 9.82. The minimum absolute atomic E-state index is 0.108. The number of H-pyrrole nitrogens is 1. The summed E-state index contributed by atoms with van der Waals surface area (Å²) in [6.45, 7) is 2.05. The highest BCUT2D eigenvalue weighted by molar-refractivity contribution is 5.96. The SMILES string of the molecule is Cc1cccc([C@H]2C3=C(COC3=O)Nc3c2c(=O)[nH]c(=O)n3C)c1. The maximum atomic E-state index is 12.5. The van der Waals surface area contributed by atoms with Gasteiger partial charge in [-0.15, -0.1) is 0 Å². The molecule has 2 N–H and O–H groups in total. The Morgan fingerprint density at radius 3 is 2.79 bits per heavy atom. The van der Waals surface area contributed by atoms with Crippen molar-refractivity contribution in [2.24, 2.45) is 7.05 Å². The molecular weight excluding hydrogens is 310 g/mol. The van der Waals surface area contributed by atoms with Crippen molar-refractivity contribution in [2.75, 3.05) is 11.9 Å². The molecule has 0 radical (unpaired) electrons. The number of rotatable bonds is 1. The van der Waals surface area contributed by atoms with E-state index in [0.717, 1.165) is 11.1 Å². The molecular formula is C17H15N3O4. The van der Waals surface area contributed by atoms with Crippen molar-refractivity contribution >= 4 is 11.8 Å². The zero-order valence-electron chi connectivity index (χ0n) is 13.2. The topological polar surface area (TPSA) is 93.2 Å². The first-order chi connectivity index (χ1) is 11.5. The molecule has 0 saturated heterocycles. The first-order valence-corrected chi connectivity index (χ1v) is 7.54. The van der Waals surface area contributed by atoms with Gasteiger partial charge in [0, 0.05) is 7.05 Å². The van der Waals surface area contributed by atoms with Crippen molar-refractivity contribution in [1.82, 2.24) is 9.55 Å². The number of nitrogens with one attached hydrogen (secondary N) is 2. The van der Waals surface area contributed by atoms with Crippen LogP contribution in [0.4, 0.5) is 5.82 Å². The Labute approximate surface area is 136 Å². The van der Waals surface area contributed by atoms with Gasteiger partial charge in [-0.1, -0.05) is 29.8 Å². The highest BCUT2D eigenvalue weighted by Gasteiger charge is 2.41. The number of nitrogens with zero attached hydrogens (tertiary/aromatic N) is 1. The molecule has 1 aromatic carbocycles. The van der Waals surface area contributed by atoms with Crippen LogP contribution in [0.1, 0.15) is 22.6 Å². The highest BCUT2D eigenvalue weighted by Crippen LogP contribution is 2.42. The smallest absolute Gasteiger partial charge is 0.337 e. The molecule has 7 heteroatoms. The number of carbonyl (C=O) groups is 1. The summed E-state index contributed by atoms with van der Waals surface area (Å²) in [6.07, 6.45) is 0. The number of fused-ring (bicyclic) bond motifs is 1. The zero-order chi connectivity index (χ0) is 17.0. The Morgan fingerprint density at radius 1 is 1.25 bits per heavy atom. The maximum Gasteiger partial charge on any atom is 0.337 e. The third kappa shape index (κ3) is 1.94. The molecule has 122 valence electrons. The summed E-state index contributed by atoms with van der Waals surface area (Å²) in [7, 11) is 1.57. The highest BCUT2D eigenvalue weighted by atomic mass is 16.5. The molecule has 0 fully saturated rings. The monoisotopic (exact) mass is 325 g/mol. The van der Waals surface area contributed by atoms with E-state index in [2.05, 4.69) is 10.3 Å². The predicted octanol–water partition coefficient (Wildman–Crippen LogP) is 0.750. The summed E-state index contributed by atoms with van der Waals surface area (Å²) in [5.74, 6) is -0.614. The van der Waals surface area contributed by atoms with Crippen LogP contribution in [0.3, 0.4) is 0 Å². The average molecular weight is 325 g/mol. The van der Waals surface area contributed by atoms with Gasteiger partial charge in [-0.2, -0.15) is 0 Å². The Balaban J connectivity index is 2.07. The fourth-order valence-electron chi connectivity index (χ4n) is 3.34. The molecule has 0 amide bonds. The van der Waals surface area contributed by atoms with Gasteiger partial charge < -0.3 is 10.1 Å². The second-order valence-electron chi connectivity index (χ2n) is 6.02. The quantitative estimate of drug-likeness (QED) is 0.755. The number of hydrogen-bond donors (Lipinski definition) is 2. The number of ether oxygens (including phenoxy) is 1. The zero-order valence-corrected chi connectivity index (χ0v) is 13.2. The number of aromatic amines is 1. The van der Waals surface area contributed by atoms with Crippen LogP contribution >= 0.6 is 0 Å². The van der Waals surface area contributed by atoms with E-state index in [9.17, 15) is 14.4 Å². The molecule has 2 aromatic rings. The fourth-order valence-corrected chi connectivity index (χ4v) is 3.34. The molecule has 7 nitrogen and oxygen atoms in total. The van der Waals surface area contributed by atoms with Crippen molar-refractivity contribution in [3.63, 3.8) is 0 Å². The van der Waals surface area contributed by atoms with Crippen LogP contribution in [0.2, 0.25) is 0 Å². The normalized spacial score (nSPS) is 18.8. The van der Waals surface area contributed by atoms with Gasteiger partial charge in [-0.05, 0) is 12.5 Å². The summed E-state index contributed by atoms with van der Waals surface area (Å²) in [5, 5.41) is 3.03. The number of anilines is 1. The third-order valence-corrected chi connectivity index (χ3v) is 4.47. The number of hydrogen-bond acceptors (Lipinski definition) is 5. The Morgan fingerprint density at radius 2 is 2.04 bits per heavy atom. The third-order valence-electron chi connectivity index (χ3n) is 4.47. The van der Waals surface area contributed by atoms with Crippen LogP contribution in [-0.4, -0.2) is 22.1 Å². The van der Waals surface area contributed by atoms with E-state index in [0.29, 0.717) is 22.7 Å². The van der Waals surface area contributed by atoms with Gasteiger partial charge in [0.05, 0.1) is 22.8 Å². The van der Waals surface area contributed by atoms with E-state index in [4.69, 9.17) is 4.74 Å². The van der Waals surface area contributed by atoms with E-state index in [-0.39, 0.29) is 6.61 Å². The molecule has 24 heavy (non-hydrogen) atoms. The lowest BCUT2D eigenvalue weighted by molar-refractivity contribution is -0.136. The lowest BCUT2D eigenvalue weighted by Crippen LogP contribution is -2.37. The number of aryl methyl sites for hydroxylation is 1. The van der Waals surface area contributed by atoms with E-state index < -0.39 is 23.1 Å². The predicted molar refractivity (Wildman–Crippen MR) is 86.9 cm³/mol. The molecule has 0 saturated carbocycles. The van der Waals surface area contributed by atoms with E-state index in [1.54, 1.807) is 7.05 Å². The van der Waals surface area contributed by atoms with Crippen LogP contribution in [-0.2, 0) is 16.6 Å². The number of cyclic esters (lactones) is 1. The van der Waals surface area contributed by atoms with Crippen molar-refractivity contribution < 1.29 is 9.53 Å². The second-order valence-corrected chi connectivity index (χ2v) is 6.02. The van der Waals surface area contributed by atoms with Gasteiger partial charge in [-0.3, -0.25) is 14.3 Å². The lowest BCUT2D eigenvalue weighted by Gasteiger charge is -2.27. The van der Waals surface area contributed by atoms with Crippen molar-refractivity contribution in [3.8, 4) is 0 Å². The number of carbonyl (C=O) groups excluding carboxylic acids is 1. The van der Waals surface area contributed by atoms with Crippen molar-refractivity contribution in [3.05, 3.63) is 73.1 Å². The number of esters is 1. The summed E-state index contributed by atoms with van der Waals surface area (Å²) in [4.78, 5) is 39.0. The Hall–Kier alpha value is -3.09. The summed E-state index contributed by atoms with van der Waals surface area (Å²) in [6, 6.07) is 7.62. The van der Waals surface area contributed by atoms with Gasteiger partial charge in [-0.25, -0.2) is 9.59 Å². The number of aromatic nitrogens is 2. The van der Waals surface area contributed by atoms with Crippen LogP contribution in [0.5, 0.6) is 0 Å². The largest absolute Gasteiger partial charge is 0.456 e. The molecule has 2 aliphatic rings. The maximum absolute atomic E-state index is 12.5.